The van der Waals surface area contributed by atoms with Crippen LogP contribution in [0.4, 0.5) is 21.7 Å². The van der Waals surface area contributed by atoms with Crippen molar-refractivity contribution in [2.75, 3.05) is 18.2 Å². The number of nitrogen functional groups attached to an aromatic ring is 1. The molecule has 3 N–H and O–H groups in total. The Morgan fingerprint density at radius 1 is 1.42 bits per heavy atom. The number of nitrogens with zero attached hydrogens (tertiary/aromatic N) is 3. The van der Waals surface area contributed by atoms with Crippen LogP contribution in [-0.2, 0) is 0 Å². The van der Waals surface area contributed by atoms with Gasteiger partial charge in [-0.05, 0) is 18.2 Å². The summed E-state index contributed by atoms with van der Waals surface area (Å²) in [5, 5.41) is 11.4. The number of halogens is 1. The molecule has 1 heterocycles. The van der Waals surface area contributed by atoms with Crippen LogP contribution in [-0.4, -0.2) is 17.1 Å². The Morgan fingerprint density at radius 3 is 2.84 bits per heavy atom. The molecule has 0 fully saturated rings. The maximum atomic E-state index is 13.7. The zero-order chi connectivity index (χ0) is 13.8. The van der Waals surface area contributed by atoms with E-state index in [4.69, 9.17) is 15.7 Å². The van der Waals surface area contributed by atoms with E-state index < -0.39 is 5.82 Å². The summed E-state index contributed by atoms with van der Waals surface area (Å²) in [5.41, 5.74) is 6.01. The largest absolute Gasteiger partial charge is 0.490 e. The molecule has 0 radical (unpaired) electrons. The van der Waals surface area contributed by atoms with Gasteiger partial charge in [-0.3, -0.25) is 0 Å². The Balaban J connectivity index is 2.37. The predicted octanol–water partition coefficient (Wildman–Crippen LogP) is 1.82. The molecule has 1 aromatic carbocycles. The van der Waals surface area contributed by atoms with Crippen LogP contribution in [0.3, 0.4) is 0 Å². The van der Waals surface area contributed by atoms with Gasteiger partial charge in [-0.25, -0.2) is 14.4 Å². The Labute approximate surface area is 108 Å². The fourth-order valence-electron chi connectivity index (χ4n) is 1.49. The van der Waals surface area contributed by atoms with E-state index in [2.05, 4.69) is 15.3 Å². The third kappa shape index (κ3) is 2.52. The number of ether oxygens (including phenoxy) is 1. The van der Waals surface area contributed by atoms with Crippen molar-refractivity contribution in [3.63, 3.8) is 0 Å². The summed E-state index contributed by atoms with van der Waals surface area (Å²) in [5.74, 6) is 0.0530. The molecule has 0 amide bonds. The summed E-state index contributed by atoms with van der Waals surface area (Å²) in [6, 6.07) is 5.90. The number of hydrogen-bond donors (Lipinski definition) is 2. The highest BCUT2D eigenvalue weighted by atomic mass is 19.1. The van der Waals surface area contributed by atoms with Gasteiger partial charge < -0.3 is 15.8 Å². The van der Waals surface area contributed by atoms with Gasteiger partial charge in [-0.1, -0.05) is 0 Å². The molecule has 0 spiro atoms. The first kappa shape index (κ1) is 12.6. The van der Waals surface area contributed by atoms with Crippen LogP contribution in [0.25, 0.3) is 0 Å². The number of anilines is 3. The minimum atomic E-state index is -0.571. The second kappa shape index (κ2) is 5.18. The van der Waals surface area contributed by atoms with Gasteiger partial charge in [0.05, 0.1) is 24.4 Å². The molecule has 0 unspecified atom stereocenters. The third-order valence-electron chi connectivity index (χ3n) is 2.39. The van der Waals surface area contributed by atoms with Crippen LogP contribution >= 0.6 is 0 Å². The average Bonchev–Trinajstić information content (AvgIpc) is 2.41. The number of nitrogens with one attached hydrogen (secondary N) is 1. The predicted molar refractivity (Wildman–Crippen MR) is 67.4 cm³/mol. The third-order valence-corrected chi connectivity index (χ3v) is 2.39. The molecule has 0 bridgehead atoms. The minimum Gasteiger partial charge on any atom is -0.490 e. The molecule has 2 rings (SSSR count). The van der Waals surface area contributed by atoms with Gasteiger partial charge in [-0.15, -0.1) is 0 Å². The van der Waals surface area contributed by atoms with Crippen molar-refractivity contribution in [2.45, 2.75) is 0 Å². The standard InChI is InChI=1S/C12H10FN5O/c1-19-10-11(15)16-6-17-12(10)18-9-3-2-7(5-14)4-8(9)13/h2-4,6H,1H3,(H3,15,16,17,18). The van der Waals surface area contributed by atoms with E-state index in [9.17, 15) is 4.39 Å². The first-order valence-electron chi connectivity index (χ1n) is 5.27. The Morgan fingerprint density at radius 2 is 2.21 bits per heavy atom. The average molecular weight is 259 g/mol. The lowest BCUT2D eigenvalue weighted by Gasteiger charge is -2.11. The number of rotatable bonds is 3. The smallest absolute Gasteiger partial charge is 0.204 e. The summed E-state index contributed by atoms with van der Waals surface area (Å²) in [7, 11) is 1.41. The summed E-state index contributed by atoms with van der Waals surface area (Å²) in [6.07, 6.45) is 1.24. The summed E-state index contributed by atoms with van der Waals surface area (Å²) in [6.45, 7) is 0. The molecule has 0 atom stereocenters. The van der Waals surface area contributed by atoms with Crippen LogP contribution in [0, 0.1) is 17.1 Å². The Hall–Kier alpha value is -2.88. The molecule has 6 nitrogen and oxygen atoms in total. The molecule has 1 aromatic heterocycles. The molecule has 7 heteroatoms. The van der Waals surface area contributed by atoms with E-state index in [0.717, 1.165) is 6.07 Å². The fraction of sp³-hybridized carbons (Fsp3) is 0.0833. The van der Waals surface area contributed by atoms with Crippen LogP contribution in [0.5, 0.6) is 5.75 Å². The highest BCUT2D eigenvalue weighted by Crippen LogP contribution is 2.30. The van der Waals surface area contributed by atoms with Gasteiger partial charge in [0.1, 0.15) is 12.1 Å². The second-order valence-electron chi connectivity index (χ2n) is 3.57. The molecule has 0 aliphatic carbocycles. The van der Waals surface area contributed by atoms with E-state index in [1.165, 1.54) is 25.6 Å². The maximum absolute atomic E-state index is 13.7. The van der Waals surface area contributed by atoms with Crippen molar-refractivity contribution in [1.82, 2.24) is 9.97 Å². The normalized spacial score (nSPS) is 9.74. The number of nitrogens with two attached hydrogens (primary N) is 1. The van der Waals surface area contributed by atoms with E-state index in [-0.39, 0.29) is 28.6 Å². The number of benzene rings is 1. The van der Waals surface area contributed by atoms with Gasteiger partial charge in [0.15, 0.2) is 11.6 Å². The van der Waals surface area contributed by atoms with Crippen LogP contribution in [0.15, 0.2) is 24.5 Å². The Bertz CT molecular complexity index is 653. The number of aromatic nitrogens is 2. The number of nitriles is 1. The Kier molecular flexibility index (Phi) is 3.43. The molecule has 2 aromatic rings. The lowest BCUT2D eigenvalue weighted by Crippen LogP contribution is -2.03. The fourth-order valence-corrected chi connectivity index (χ4v) is 1.49. The van der Waals surface area contributed by atoms with Gasteiger partial charge in [0, 0.05) is 0 Å². The monoisotopic (exact) mass is 259 g/mol. The van der Waals surface area contributed by atoms with Crippen molar-refractivity contribution in [1.29, 1.82) is 5.26 Å². The maximum Gasteiger partial charge on any atom is 0.204 e. The highest BCUT2D eigenvalue weighted by Gasteiger charge is 2.12. The lowest BCUT2D eigenvalue weighted by atomic mass is 10.2. The van der Waals surface area contributed by atoms with Crippen LogP contribution in [0.1, 0.15) is 5.56 Å². The van der Waals surface area contributed by atoms with E-state index in [1.54, 1.807) is 0 Å². The zero-order valence-corrected chi connectivity index (χ0v) is 10.0. The molecule has 0 saturated heterocycles. The van der Waals surface area contributed by atoms with Crippen molar-refractivity contribution < 1.29 is 9.13 Å². The molecular weight excluding hydrogens is 249 g/mol. The van der Waals surface area contributed by atoms with Crippen molar-refractivity contribution in [2.24, 2.45) is 0 Å². The van der Waals surface area contributed by atoms with Gasteiger partial charge in [0.2, 0.25) is 5.75 Å². The SMILES string of the molecule is COc1c(N)ncnc1Nc1ccc(C#N)cc1F. The first-order valence-corrected chi connectivity index (χ1v) is 5.27. The molecule has 0 aliphatic rings. The van der Waals surface area contributed by atoms with Crippen molar-refractivity contribution in [3.05, 3.63) is 35.9 Å². The van der Waals surface area contributed by atoms with Gasteiger partial charge in [0.25, 0.3) is 0 Å². The molecular formula is C12H10FN5O. The highest BCUT2D eigenvalue weighted by molar-refractivity contribution is 5.68. The molecule has 19 heavy (non-hydrogen) atoms. The topological polar surface area (TPSA) is 96.8 Å². The number of hydrogen-bond acceptors (Lipinski definition) is 6. The summed E-state index contributed by atoms with van der Waals surface area (Å²) < 4.78 is 18.8. The minimum absolute atomic E-state index is 0.147. The van der Waals surface area contributed by atoms with E-state index in [1.807, 2.05) is 6.07 Å². The number of methoxy groups -OCH3 is 1. The van der Waals surface area contributed by atoms with Gasteiger partial charge in [-0.2, -0.15) is 5.26 Å². The quantitative estimate of drug-likeness (QED) is 0.872. The van der Waals surface area contributed by atoms with Gasteiger partial charge >= 0.3 is 0 Å². The van der Waals surface area contributed by atoms with E-state index in [0.29, 0.717) is 0 Å². The summed E-state index contributed by atoms with van der Waals surface area (Å²) in [4.78, 5) is 7.70. The zero-order valence-electron chi connectivity index (χ0n) is 10.0. The molecule has 0 aliphatic heterocycles. The molecule has 0 saturated carbocycles. The lowest BCUT2D eigenvalue weighted by molar-refractivity contribution is 0.415. The summed E-state index contributed by atoms with van der Waals surface area (Å²) >= 11 is 0. The van der Waals surface area contributed by atoms with Crippen molar-refractivity contribution >= 4 is 17.3 Å². The first-order chi connectivity index (χ1) is 9.15. The van der Waals surface area contributed by atoms with Crippen molar-refractivity contribution in [3.8, 4) is 11.8 Å². The van der Waals surface area contributed by atoms with E-state index >= 15 is 0 Å². The van der Waals surface area contributed by atoms with Crippen LogP contribution in [0.2, 0.25) is 0 Å². The van der Waals surface area contributed by atoms with Crippen LogP contribution < -0.4 is 15.8 Å². The molecule has 96 valence electrons. The second-order valence-corrected chi connectivity index (χ2v) is 3.57.